The van der Waals surface area contributed by atoms with Gasteiger partial charge in [-0.1, -0.05) is 23.8 Å². The molecule has 0 saturated carbocycles. The second kappa shape index (κ2) is 7.46. The summed E-state index contributed by atoms with van der Waals surface area (Å²) in [7, 11) is 1.68. The Hall–Kier alpha value is -2.08. The highest BCUT2D eigenvalue weighted by Gasteiger charge is 2.16. The van der Waals surface area contributed by atoms with E-state index in [9.17, 15) is 9.59 Å². The molecule has 0 radical (unpaired) electrons. The van der Waals surface area contributed by atoms with Crippen molar-refractivity contribution in [3.05, 3.63) is 57.5 Å². The SMILES string of the molecule is Cc1ccc(CN(C)C(=O)COC(=O)c2ccc(Br)o2)c(C)c1. The minimum Gasteiger partial charge on any atom is -0.450 e. The van der Waals surface area contributed by atoms with Gasteiger partial charge in [-0.25, -0.2) is 4.79 Å². The lowest BCUT2D eigenvalue weighted by Crippen LogP contribution is -2.31. The highest BCUT2D eigenvalue weighted by Crippen LogP contribution is 2.15. The maximum atomic E-state index is 12.1. The number of carbonyl (C=O) groups excluding carboxylic acids is 2. The van der Waals surface area contributed by atoms with E-state index in [1.54, 1.807) is 13.1 Å². The van der Waals surface area contributed by atoms with Crippen LogP contribution < -0.4 is 0 Å². The minimum absolute atomic E-state index is 0.0571. The molecule has 1 aromatic heterocycles. The third kappa shape index (κ3) is 4.69. The van der Waals surface area contributed by atoms with Crippen LogP contribution in [0.4, 0.5) is 0 Å². The Morgan fingerprint density at radius 3 is 2.57 bits per heavy atom. The summed E-state index contributed by atoms with van der Waals surface area (Å²) in [6.45, 7) is 4.18. The molecule has 1 amide bonds. The van der Waals surface area contributed by atoms with Crippen LogP contribution >= 0.6 is 15.9 Å². The predicted octanol–water partition coefficient (Wildman–Crippen LogP) is 3.47. The number of hydrogen-bond acceptors (Lipinski definition) is 4. The molecule has 2 rings (SSSR count). The molecule has 0 unspecified atom stereocenters. The summed E-state index contributed by atoms with van der Waals surface area (Å²) in [5, 5.41) is 0. The van der Waals surface area contributed by atoms with Crippen molar-refractivity contribution in [2.24, 2.45) is 0 Å². The van der Waals surface area contributed by atoms with E-state index in [1.807, 2.05) is 26.0 Å². The molecular weight excluding hydrogens is 362 g/mol. The molecule has 2 aromatic rings. The van der Waals surface area contributed by atoms with Crippen molar-refractivity contribution in [1.29, 1.82) is 0 Å². The molecule has 1 aromatic carbocycles. The summed E-state index contributed by atoms with van der Waals surface area (Å²) in [6.07, 6.45) is 0. The monoisotopic (exact) mass is 379 g/mol. The first-order chi connectivity index (χ1) is 10.9. The molecule has 0 N–H and O–H groups in total. The summed E-state index contributed by atoms with van der Waals surface area (Å²) in [5.41, 5.74) is 3.37. The van der Waals surface area contributed by atoms with Crippen molar-refractivity contribution in [3.8, 4) is 0 Å². The fourth-order valence-corrected chi connectivity index (χ4v) is 2.41. The number of aryl methyl sites for hydroxylation is 2. The van der Waals surface area contributed by atoms with Gasteiger partial charge in [-0.3, -0.25) is 4.79 Å². The predicted molar refractivity (Wildman–Crippen MR) is 89.1 cm³/mol. The number of hydrogen-bond donors (Lipinski definition) is 0. The van der Waals surface area contributed by atoms with Crippen LogP contribution in [0.2, 0.25) is 0 Å². The number of likely N-dealkylation sites (N-methyl/N-ethyl adjacent to an activating group) is 1. The van der Waals surface area contributed by atoms with E-state index >= 15 is 0 Å². The highest BCUT2D eigenvalue weighted by atomic mass is 79.9. The van der Waals surface area contributed by atoms with Crippen LogP contribution in [0, 0.1) is 13.8 Å². The van der Waals surface area contributed by atoms with Gasteiger partial charge in [-0.15, -0.1) is 0 Å². The number of benzene rings is 1. The number of halogens is 1. The number of ether oxygens (including phenoxy) is 1. The molecule has 0 bridgehead atoms. The number of amides is 1. The van der Waals surface area contributed by atoms with E-state index in [1.165, 1.54) is 16.5 Å². The van der Waals surface area contributed by atoms with Crippen LogP contribution in [0.3, 0.4) is 0 Å². The molecule has 1 heterocycles. The summed E-state index contributed by atoms with van der Waals surface area (Å²) in [6, 6.07) is 9.15. The lowest BCUT2D eigenvalue weighted by atomic mass is 10.1. The number of esters is 1. The number of carbonyl (C=O) groups is 2. The van der Waals surface area contributed by atoms with Crippen LogP contribution in [0.1, 0.15) is 27.2 Å². The first kappa shape index (κ1) is 17.3. The van der Waals surface area contributed by atoms with Crippen molar-refractivity contribution in [1.82, 2.24) is 4.90 Å². The van der Waals surface area contributed by atoms with E-state index in [4.69, 9.17) is 9.15 Å². The third-order valence-electron chi connectivity index (χ3n) is 3.43. The van der Waals surface area contributed by atoms with Crippen molar-refractivity contribution >= 4 is 27.8 Å². The molecular formula is C17H18BrNO4. The second-order valence-corrected chi connectivity index (χ2v) is 6.14. The van der Waals surface area contributed by atoms with Crippen molar-refractivity contribution < 1.29 is 18.7 Å². The molecule has 6 heteroatoms. The van der Waals surface area contributed by atoms with Gasteiger partial charge in [0.2, 0.25) is 5.76 Å². The summed E-state index contributed by atoms with van der Waals surface area (Å²) >= 11 is 3.10. The van der Waals surface area contributed by atoms with Gasteiger partial charge in [0.25, 0.3) is 5.91 Å². The third-order valence-corrected chi connectivity index (χ3v) is 3.86. The van der Waals surface area contributed by atoms with E-state index in [0.717, 1.165) is 11.1 Å². The summed E-state index contributed by atoms with van der Waals surface area (Å²) in [4.78, 5) is 25.3. The van der Waals surface area contributed by atoms with Gasteiger partial charge in [-0.05, 0) is 53.0 Å². The molecule has 122 valence electrons. The van der Waals surface area contributed by atoms with Crippen molar-refractivity contribution in [2.45, 2.75) is 20.4 Å². The number of furan rings is 1. The first-order valence-electron chi connectivity index (χ1n) is 7.09. The maximum Gasteiger partial charge on any atom is 0.374 e. The lowest BCUT2D eigenvalue weighted by Gasteiger charge is -2.18. The highest BCUT2D eigenvalue weighted by molar-refractivity contribution is 9.10. The topological polar surface area (TPSA) is 59.8 Å². The van der Waals surface area contributed by atoms with E-state index in [2.05, 4.69) is 22.0 Å². The van der Waals surface area contributed by atoms with Crippen LogP contribution in [0.15, 0.2) is 39.4 Å². The van der Waals surface area contributed by atoms with Gasteiger partial charge in [0.05, 0.1) is 0 Å². The van der Waals surface area contributed by atoms with Crippen LogP contribution in [-0.4, -0.2) is 30.4 Å². The van der Waals surface area contributed by atoms with Crippen molar-refractivity contribution in [2.75, 3.05) is 13.7 Å². The van der Waals surface area contributed by atoms with E-state index in [0.29, 0.717) is 11.2 Å². The zero-order valence-electron chi connectivity index (χ0n) is 13.3. The fourth-order valence-electron chi connectivity index (χ4n) is 2.10. The van der Waals surface area contributed by atoms with Crippen LogP contribution in [0.25, 0.3) is 0 Å². The molecule has 0 aliphatic carbocycles. The fraction of sp³-hybridized carbons (Fsp3) is 0.294. The largest absolute Gasteiger partial charge is 0.450 e. The Balaban J connectivity index is 1.88. The molecule has 23 heavy (non-hydrogen) atoms. The van der Waals surface area contributed by atoms with Gasteiger partial charge < -0.3 is 14.1 Å². The second-order valence-electron chi connectivity index (χ2n) is 5.36. The molecule has 0 aliphatic rings. The van der Waals surface area contributed by atoms with Gasteiger partial charge in [0.1, 0.15) is 0 Å². The summed E-state index contributed by atoms with van der Waals surface area (Å²) < 4.78 is 10.5. The Kier molecular flexibility index (Phi) is 5.60. The number of nitrogens with zero attached hydrogens (tertiary/aromatic N) is 1. The number of rotatable bonds is 5. The average Bonchev–Trinajstić information content (AvgIpc) is 2.93. The summed E-state index contributed by atoms with van der Waals surface area (Å²) in [5.74, 6) is -0.880. The lowest BCUT2D eigenvalue weighted by molar-refractivity contribution is -0.133. The van der Waals surface area contributed by atoms with Gasteiger partial charge in [0, 0.05) is 13.6 Å². The normalized spacial score (nSPS) is 10.4. The Labute approximate surface area is 143 Å². The van der Waals surface area contributed by atoms with Crippen molar-refractivity contribution in [3.63, 3.8) is 0 Å². The Morgan fingerprint density at radius 1 is 1.22 bits per heavy atom. The van der Waals surface area contributed by atoms with Gasteiger partial charge in [0.15, 0.2) is 11.3 Å². The first-order valence-corrected chi connectivity index (χ1v) is 7.88. The zero-order chi connectivity index (χ0) is 17.0. The average molecular weight is 380 g/mol. The van der Waals surface area contributed by atoms with Gasteiger partial charge in [-0.2, -0.15) is 0 Å². The molecule has 0 fully saturated rings. The molecule has 0 spiro atoms. The van der Waals surface area contributed by atoms with Crippen LogP contribution in [-0.2, 0) is 16.1 Å². The zero-order valence-corrected chi connectivity index (χ0v) is 14.8. The molecule has 5 nitrogen and oxygen atoms in total. The molecule has 0 aliphatic heterocycles. The smallest absolute Gasteiger partial charge is 0.374 e. The molecule has 0 atom stereocenters. The van der Waals surface area contributed by atoms with E-state index < -0.39 is 5.97 Å². The molecule has 0 saturated heterocycles. The Morgan fingerprint density at radius 2 is 1.96 bits per heavy atom. The Bertz CT molecular complexity index is 723. The standard InChI is InChI=1S/C17H18BrNO4/c1-11-4-5-13(12(2)8-11)9-19(3)16(20)10-22-17(21)14-6-7-15(18)23-14/h4-8H,9-10H2,1-3H3. The van der Waals surface area contributed by atoms with Gasteiger partial charge >= 0.3 is 5.97 Å². The van der Waals surface area contributed by atoms with Crippen LogP contribution in [0.5, 0.6) is 0 Å². The quantitative estimate of drug-likeness (QED) is 0.746. The maximum absolute atomic E-state index is 12.1. The van der Waals surface area contributed by atoms with E-state index in [-0.39, 0.29) is 18.3 Å². The minimum atomic E-state index is -0.663.